The smallest absolute Gasteiger partial charge is 0.256 e. The fourth-order valence-electron chi connectivity index (χ4n) is 4.34. The van der Waals surface area contributed by atoms with Gasteiger partial charge in [-0.25, -0.2) is 0 Å². The number of amides is 2. The largest absolute Gasteiger partial charge is 0.360 e. The van der Waals surface area contributed by atoms with Gasteiger partial charge in [0.05, 0.1) is 12.1 Å². The molecule has 7 heteroatoms. The second kappa shape index (κ2) is 8.25. The Morgan fingerprint density at radius 2 is 1.93 bits per heavy atom. The molecule has 28 heavy (non-hydrogen) atoms. The molecule has 1 aromatic heterocycles. The lowest BCUT2D eigenvalue weighted by molar-refractivity contribution is -0.136. The fraction of sp³-hybridized carbons (Fsp3) is 0.524. The predicted octanol–water partition coefficient (Wildman–Crippen LogP) is 3.09. The first-order valence-electron chi connectivity index (χ1n) is 10.1. The molecule has 1 aromatic carbocycles. The molecule has 2 aromatic rings. The number of nitrogens with one attached hydrogen (secondary N) is 1. The van der Waals surface area contributed by atoms with Gasteiger partial charge in [-0.15, -0.1) is 0 Å². The van der Waals surface area contributed by atoms with Gasteiger partial charge in [-0.2, -0.15) is 0 Å². The molecule has 2 saturated heterocycles. The molecule has 0 spiro atoms. The molecule has 2 fully saturated rings. The number of halogens is 1. The highest BCUT2D eigenvalue weighted by atomic mass is 79.9. The normalized spacial score (nSPS) is 21.3. The molecular formula is C21H27BrN4O2. The van der Waals surface area contributed by atoms with Gasteiger partial charge in [-0.1, -0.05) is 22.0 Å². The van der Waals surface area contributed by atoms with Crippen molar-refractivity contribution in [1.29, 1.82) is 0 Å². The minimum absolute atomic E-state index is 0.0498. The highest BCUT2D eigenvalue weighted by Gasteiger charge is 2.28. The lowest BCUT2D eigenvalue weighted by atomic mass is 10.0. The van der Waals surface area contributed by atoms with Crippen LogP contribution in [0.2, 0.25) is 0 Å². The molecular weight excluding hydrogens is 420 g/mol. The Kier molecular flexibility index (Phi) is 5.73. The predicted molar refractivity (Wildman–Crippen MR) is 113 cm³/mol. The summed E-state index contributed by atoms with van der Waals surface area (Å²) in [6, 6.07) is 6.24. The number of rotatable bonds is 3. The van der Waals surface area contributed by atoms with Crippen molar-refractivity contribution in [2.75, 3.05) is 39.3 Å². The van der Waals surface area contributed by atoms with E-state index in [2.05, 4.69) is 32.7 Å². The molecule has 2 aliphatic rings. The van der Waals surface area contributed by atoms with Crippen LogP contribution in [-0.2, 0) is 4.79 Å². The number of hydrogen-bond acceptors (Lipinski definition) is 3. The molecule has 150 valence electrons. The van der Waals surface area contributed by atoms with E-state index in [-0.39, 0.29) is 11.8 Å². The number of benzene rings is 1. The third-order valence-corrected chi connectivity index (χ3v) is 6.69. The van der Waals surface area contributed by atoms with Gasteiger partial charge in [0.1, 0.15) is 0 Å². The Morgan fingerprint density at radius 1 is 1.14 bits per heavy atom. The average Bonchev–Trinajstić information content (AvgIpc) is 3.14. The number of hydrogen-bond donors (Lipinski definition) is 1. The Hall–Kier alpha value is -1.86. The zero-order valence-corrected chi connectivity index (χ0v) is 17.9. The summed E-state index contributed by atoms with van der Waals surface area (Å²) in [5.74, 6) is 0.279. The van der Waals surface area contributed by atoms with Crippen molar-refractivity contribution >= 4 is 38.6 Å². The molecule has 2 amide bonds. The minimum Gasteiger partial charge on any atom is -0.360 e. The maximum atomic E-state index is 13.0. The number of aromatic amines is 1. The first-order chi connectivity index (χ1) is 13.5. The summed E-state index contributed by atoms with van der Waals surface area (Å²) in [4.78, 5) is 35.0. The summed E-state index contributed by atoms with van der Waals surface area (Å²) in [6.07, 6.45) is 5.23. The number of aromatic nitrogens is 1. The molecule has 3 heterocycles. The topological polar surface area (TPSA) is 59.7 Å². The standard InChI is InChI=1S/C21H27BrN4O2/c1-15-5-2-3-8-26(15)19(27)14-24-9-11-25(12-10-24)21(28)16-13-23-18-7-4-6-17(22)20(16)18/h4,6-7,13,15,23H,2-3,5,8-12,14H2,1H3/t15-/m1/s1. The molecule has 0 aliphatic carbocycles. The van der Waals surface area contributed by atoms with Gasteiger partial charge >= 0.3 is 0 Å². The van der Waals surface area contributed by atoms with Crippen LogP contribution < -0.4 is 0 Å². The Bertz CT molecular complexity index is 872. The molecule has 0 saturated carbocycles. The third kappa shape index (κ3) is 3.82. The molecule has 0 radical (unpaired) electrons. The second-order valence-corrected chi connectivity index (χ2v) is 8.72. The van der Waals surface area contributed by atoms with E-state index in [9.17, 15) is 9.59 Å². The monoisotopic (exact) mass is 446 g/mol. The van der Waals surface area contributed by atoms with E-state index in [1.165, 1.54) is 6.42 Å². The molecule has 1 atom stereocenters. The molecule has 0 bridgehead atoms. The van der Waals surface area contributed by atoms with Crippen LogP contribution in [0.4, 0.5) is 0 Å². The van der Waals surface area contributed by atoms with Crippen molar-refractivity contribution in [3.8, 4) is 0 Å². The van der Waals surface area contributed by atoms with Crippen LogP contribution in [0.15, 0.2) is 28.9 Å². The van der Waals surface area contributed by atoms with Gasteiger partial charge in [0.15, 0.2) is 0 Å². The third-order valence-electron chi connectivity index (χ3n) is 6.03. The molecule has 1 N–H and O–H groups in total. The zero-order chi connectivity index (χ0) is 19.7. The quantitative estimate of drug-likeness (QED) is 0.787. The van der Waals surface area contributed by atoms with Gasteiger partial charge in [0.2, 0.25) is 5.91 Å². The first kappa shape index (κ1) is 19.5. The van der Waals surface area contributed by atoms with Gasteiger partial charge in [0, 0.05) is 60.3 Å². The SMILES string of the molecule is C[C@@H]1CCCCN1C(=O)CN1CCN(C(=O)c2c[nH]c3cccc(Br)c23)CC1. The number of carbonyl (C=O) groups is 2. The number of carbonyl (C=O) groups excluding carboxylic acids is 2. The van der Waals surface area contributed by atoms with Crippen LogP contribution in [-0.4, -0.2) is 76.8 Å². The van der Waals surface area contributed by atoms with Gasteiger partial charge in [0.25, 0.3) is 5.91 Å². The Balaban J connectivity index is 1.36. The number of piperazine rings is 1. The van der Waals surface area contributed by atoms with Crippen molar-refractivity contribution < 1.29 is 9.59 Å². The highest BCUT2D eigenvalue weighted by molar-refractivity contribution is 9.10. The summed E-state index contributed by atoms with van der Waals surface area (Å²) in [6.45, 7) is 6.27. The number of H-pyrrole nitrogens is 1. The number of fused-ring (bicyclic) bond motifs is 1. The first-order valence-corrected chi connectivity index (χ1v) is 10.9. The van der Waals surface area contributed by atoms with E-state index in [4.69, 9.17) is 0 Å². The number of likely N-dealkylation sites (tertiary alicyclic amines) is 1. The molecule has 0 unspecified atom stereocenters. The average molecular weight is 447 g/mol. The summed E-state index contributed by atoms with van der Waals surface area (Å²) in [7, 11) is 0. The van der Waals surface area contributed by atoms with Crippen LogP contribution in [0.25, 0.3) is 10.9 Å². The zero-order valence-electron chi connectivity index (χ0n) is 16.3. The highest BCUT2D eigenvalue weighted by Crippen LogP contribution is 2.28. The van der Waals surface area contributed by atoms with E-state index in [1.807, 2.05) is 28.0 Å². The van der Waals surface area contributed by atoms with E-state index in [0.29, 0.717) is 31.2 Å². The van der Waals surface area contributed by atoms with Crippen molar-refractivity contribution in [3.63, 3.8) is 0 Å². The fourth-order valence-corrected chi connectivity index (χ4v) is 4.92. The van der Waals surface area contributed by atoms with Gasteiger partial charge < -0.3 is 14.8 Å². The molecule has 6 nitrogen and oxygen atoms in total. The van der Waals surface area contributed by atoms with E-state index >= 15 is 0 Å². The molecule has 2 aliphatic heterocycles. The van der Waals surface area contributed by atoms with Crippen molar-refractivity contribution in [1.82, 2.24) is 19.7 Å². The Morgan fingerprint density at radius 3 is 2.68 bits per heavy atom. The molecule has 4 rings (SSSR count). The van der Waals surface area contributed by atoms with Crippen LogP contribution in [0.3, 0.4) is 0 Å². The van der Waals surface area contributed by atoms with E-state index in [0.717, 1.165) is 47.9 Å². The lowest BCUT2D eigenvalue weighted by Gasteiger charge is -2.38. The second-order valence-electron chi connectivity index (χ2n) is 7.87. The van der Waals surface area contributed by atoms with Crippen LogP contribution >= 0.6 is 15.9 Å². The summed E-state index contributed by atoms with van der Waals surface area (Å²) < 4.78 is 0.925. The van der Waals surface area contributed by atoms with Crippen LogP contribution in [0.5, 0.6) is 0 Å². The van der Waals surface area contributed by atoms with Crippen molar-refractivity contribution in [3.05, 3.63) is 34.4 Å². The van der Waals surface area contributed by atoms with Crippen LogP contribution in [0, 0.1) is 0 Å². The van der Waals surface area contributed by atoms with E-state index < -0.39 is 0 Å². The Labute approximate surface area is 174 Å². The number of piperidine rings is 1. The summed E-state index contributed by atoms with van der Waals surface area (Å²) >= 11 is 3.56. The maximum Gasteiger partial charge on any atom is 0.256 e. The number of nitrogens with zero attached hydrogens (tertiary/aromatic N) is 3. The van der Waals surface area contributed by atoms with Crippen LogP contribution in [0.1, 0.15) is 36.5 Å². The summed E-state index contributed by atoms with van der Waals surface area (Å²) in [5, 5.41) is 0.934. The van der Waals surface area contributed by atoms with E-state index in [1.54, 1.807) is 6.20 Å². The maximum absolute atomic E-state index is 13.0. The van der Waals surface area contributed by atoms with Gasteiger partial charge in [-0.05, 0) is 38.3 Å². The lowest BCUT2D eigenvalue weighted by Crippen LogP contribution is -2.53. The van der Waals surface area contributed by atoms with Crippen molar-refractivity contribution in [2.24, 2.45) is 0 Å². The van der Waals surface area contributed by atoms with Crippen molar-refractivity contribution in [2.45, 2.75) is 32.2 Å². The summed E-state index contributed by atoms with van der Waals surface area (Å²) in [5.41, 5.74) is 1.66. The van der Waals surface area contributed by atoms with Gasteiger partial charge in [-0.3, -0.25) is 14.5 Å². The minimum atomic E-state index is 0.0498.